The van der Waals surface area contributed by atoms with Gasteiger partial charge in [0.25, 0.3) is 0 Å². The summed E-state index contributed by atoms with van der Waals surface area (Å²) in [5.41, 5.74) is -5.58. The molecule has 0 radical (unpaired) electrons. The largest absolute Gasteiger partial charge is 0.481 e. The smallest absolute Gasteiger partial charge is 0.324 e. The van der Waals surface area contributed by atoms with E-state index in [0.29, 0.717) is 36.0 Å². The zero-order chi connectivity index (χ0) is 53.5. The lowest BCUT2D eigenvalue weighted by Gasteiger charge is -2.53. The van der Waals surface area contributed by atoms with E-state index in [4.69, 9.17) is 44.8 Å². The summed E-state index contributed by atoms with van der Waals surface area (Å²) >= 11 is 6.77. The van der Waals surface area contributed by atoms with Crippen molar-refractivity contribution in [3.63, 3.8) is 0 Å². The highest BCUT2D eigenvalue weighted by atomic mass is 35.5. The molecule has 3 aliphatic rings. The van der Waals surface area contributed by atoms with Gasteiger partial charge < -0.3 is 69.1 Å². The summed E-state index contributed by atoms with van der Waals surface area (Å²) in [5.74, 6) is -2.67. The number of aliphatic hydroxyl groups excluding tert-OH is 1. The zero-order valence-corrected chi connectivity index (χ0v) is 45.9. The number of hydrogen-bond acceptors (Lipinski definition) is 15. The molecular weight excluding hydrogens is 948 g/mol. The molecule has 2 aromatic rings. The standard InChI is InChI=1S/C54H87ClN4O13/c1-15-26-56-31-54(65)37(8)68-43(29-52(54,10)66-14)71-44-34(5)47(51(9,63)28-32(3)30-57-36(7)46(60)53(11,64)42(16-2)70-48(61)35(44)6)72-49-45(69-41-25-21-20-24-39(41)55)40(27-33(4)67-49)59(13)50(62)58(12)38-22-18-17-19-23-38/h17-25,32-37,40,42-47,49,56-57,60,63-65H,15-16,26-31H2,1-14H3/t32-,33-,34+,35-,36-,37+,40+,42-,43+,44+,45-,46-,47-,49+,51-,52-,53-,54+/m1/s1. The van der Waals surface area contributed by atoms with Crippen LogP contribution in [0.2, 0.25) is 5.02 Å². The molecule has 0 spiro atoms. The lowest BCUT2D eigenvalue weighted by atomic mass is 9.75. The van der Waals surface area contributed by atoms with Gasteiger partial charge in [0.15, 0.2) is 18.7 Å². The van der Waals surface area contributed by atoms with Crippen LogP contribution in [0.25, 0.3) is 0 Å². The molecule has 18 heteroatoms. The molecule has 0 bridgehead atoms. The Morgan fingerprint density at radius 1 is 0.917 bits per heavy atom. The number of ether oxygens (including phenoxy) is 7. The number of carbonyl (C=O) groups excluding carboxylic acids is 2. The predicted molar refractivity (Wildman–Crippen MR) is 276 cm³/mol. The Labute approximate surface area is 433 Å². The SMILES string of the molecule is CCCNC[C@]1(O)[C@H](C)O[C@@H](O[C@H]2[C@H](C)[C@@H](O[C@@H]3O[C@H](C)C[C@H](N(C)C(=O)N(C)c4ccccc4)[C@H]3Oc3ccccc3Cl)[C@](C)(O)C[C@@H](C)CN[C@H](C)[C@@H](O)[C@](C)(O)[C@@H](CC)OC(=O)[C@@H]2C)C[C@@]1(C)OC. The van der Waals surface area contributed by atoms with Crippen LogP contribution in [0.3, 0.4) is 0 Å². The van der Waals surface area contributed by atoms with E-state index in [1.807, 2.05) is 58.0 Å². The Balaban J connectivity index is 1.65. The molecule has 6 N–H and O–H groups in total. The van der Waals surface area contributed by atoms with Gasteiger partial charge in [0.05, 0.1) is 47.0 Å². The van der Waals surface area contributed by atoms with Gasteiger partial charge in [-0.1, -0.05) is 69.6 Å². The molecule has 0 aromatic heterocycles. The monoisotopic (exact) mass is 1030 g/mol. The van der Waals surface area contributed by atoms with Crippen LogP contribution in [0.5, 0.6) is 5.75 Å². The van der Waals surface area contributed by atoms with Crippen molar-refractivity contribution in [3.8, 4) is 5.75 Å². The van der Waals surface area contributed by atoms with Gasteiger partial charge in [-0.15, -0.1) is 0 Å². The summed E-state index contributed by atoms with van der Waals surface area (Å²) < 4.78 is 46.6. The molecule has 0 aliphatic carbocycles. The molecule has 408 valence electrons. The summed E-state index contributed by atoms with van der Waals surface area (Å²) in [6, 6.07) is 14.6. The van der Waals surface area contributed by atoms with Gasteiger partial charge in [-0.25, -0.2) is 4.79 Å². The van der Waals surface area contributed by atoms with E-state index in [-0.39, 0.29) is 37.8 Å². The summed E-state index contributed by atoms with van der Waals surface area (Å²) in [4.78, 5) is 32.3. The lowest BCUT2D eigenvalue weighted by Crippen LogP contribution is -2.70. The number of halogens is 1. The lowest BCUT2D eigenvalue weighted by molar-refractivity contribution is -0.335. The highest BCUT2D eigenvalue weighted by Crippen LogP contribution is 2.44. The van der Waals surface area contributed by atoms with E-state index in [1.165, 1.54) is 14.0 Å². The van der Waals surface area contributed by atoms with Crippen LogP contribution in [0.1, 0.15) is 108 Å². The van der Waals surface area contributed by atoms with Crippen LogP contribution < -0.4 is 20.3 Å². The van der Waals surface area contributed by atoms with Gasteiger partial charge in [0, 0.05) is 51.8 Å². The van der Waals surface area contributed by atoms with E-state index >= 15 is 0 Å². The van der Waals surface area contributed by atoms with E-state index in [1.54, 1.807) is 89.7 Å². The first-order valence-electron chi connectivity index (χ1n) is 25.9. The van der Waals surface area contributed by atoms with E-state index in [2.05, 4.69) is 10.6 Å². The van der Waals surface area contributed by atoms with Gasteiger partial charge in [0.1, 0.15) is 34.8 Å². The fourth-order valence-corrected chi connectivity index (χ4v) is 11.2. The average Bonchev–Trinajstić information content (AvgIpc) is 3.34. The first-order valence-corrected chi connectivity index (χ1v) is 26.3. The van der Waals surface area contributed by atoms with Crippen molar-refractivity contribution >= 4 is 29.3 Å². The van der Waals surface area contributed by atoms with E-state index in [0.717, 1.165) is 6.42 Å². The number of carbonyl (C=O) groups is 2. The van der Waals surface area contributed by atoms with Crippen LogP contribution in [-0.4, -0.2) is 168 Å². The topological polar surface area (TPSA) is 210 Å². The molecule has 18 atom stereocenters. The molecule has 5 rings (SSSR count). The number of anilines is 1. The van der Waals surface area contributed by atoms with Crippen molar-refractivity contribution < 1.29 is 63.2 Å². The predicted octanol–water partition coefficient (Wildman–Crippen LogP) is 6.30. The Morgan fingerprint density at radius 3 is 2.19 bits per heavy atom. The van der Waals surface area contributed by atoms with Gasteiger partial charge in [-0.2, -0.15) is 0 Å². The average molecular weight is 1040 g/mol. The number of cyclic esters (lactones) is 1. The Hall–Kier alpha value is -3.17. The molecule has 0 saturated carbocycles. The van der Waals surface area contributed by atoms with Crippen molar-refractivity contribution in [2.24, 2.45) is 17.8 Å². The Bertz CT molecular complexity index is 2040. The highest BCUT2D eigenvalue weighted by molar-refractivity contribution is 6.32. The van der Waals surface area contributed by atoms with Crippen molar-refractivity contribution in [1.29, 1.82) is 0 Å². The van der Waals surface area contributed by atoms with Gasteiger partial charge in [-0.3, -0.25) is 9.69 Å². The van der Waals surface area contributed by atoms with E-state index in [9.17, 15) is 30.0 Å². The van der Waals surface area contributed by atoms with E-state index < -0.39 is 108 Å². The first kappa shape index (κ1) is 59.7. The maximum atomic E-state index is 14.7. The summed E-state index contributed by atoms with van der Waals surface area (Å²) in [6.45, 7) is 20.7. The molecule has 3 heterocycles. The minimum Gasteiger partial charge on any atom is -0.481 e. The minimum absolute atomic E-state index is 0.0423. The van der Waals surface area contributed by atoms with Crippen LogP contribution in [0.15, 0.2) is 54.6 Å². The number of esters is 1. The maximum absolute atomic E-state index is 14.7. The minimum atomic E-state index is -1.87. The first-order chi connectivity index (χ1) is 33.8. The fraction of sp³-hybridized carbons (Fsp3) is 0.741. The quantitative estimate of drug-likeness (QED) is 0.0907. The molecule has 0 unspecified atom stereocenters. The highest BCUT2D eigenvalue weighted by Gasteiger charge is 2.58. The number of para-hydroxylation sites is 2. The number of likely N-dealkylation sites (N-methyl/N-ethyl adjacent to an activating group) is 1. The molecule has 3 aliphatic heterocycles. The van der Waals surface area contributed by atoms with Gasteiger partial charge >= 0.3 is 12.0 Å². The van der Waals surface area contributed by atoms with Crippen LogP contribution in [0, 0.1) is 17.8 Å². The zero-order valence-electron chi connectivity index (χ0n) is 45.2. The molecule has 17 nitrogen and oxygen atoms in total. The van der Waals surface area contributed by atoms with Crippen LogP contribution >= 0.6 is 11.6 Å². The Kier molecular flexibility index (Phi) is 20.8. The van der Waals surface area contributed by atoms with Gasteiger partial charge in [-0.05, 0) is 117 Å². The third kappa shape index (κ3) is 13.4. The second-order valence-corrected chi connectivity index (χ2v) is 21.9. The van der Waals surface area contributed by atoms with Crippen molar-refractivity contribution in [3.05, 3.63) is 59.6 Å². The number of nitrogens with zero attached hydrogens (tertiary/aromatic N) is 2. The molecule has 2 aromatic carbocycles. The fourth-order valence-electron chi connectivity index (χ4n) is 11.0. The molecular formula is C54H87ClN4O13. The molecule has 3 fully saturated rings. The molecule has 72 heavy (non-hydrogen) atoms. The van der Waals surface area contributed by atoms with Crippen LogP contribution in [-0.2, 0) is 33.2 Å². The van der Waals surface area contributed by atoms with Crippen LogP contribution in [0.4, 0.5) is 10.5 Å². The number of amides is 2. The third-order valence-electron chi connectivity index (χ3n) is 15.7. The number of benzene rings is 2. The second-order valence-electron chi connectivity index (χ2n) is 21.5. The summed E-state index contributed by atoms with van der Waals surface area (Å²) in [7, 11) is 4.94. The molecule has 2 amide bonds. The Morgan fingerprint density at radius 2 is 1.57 bits per heavy atom. The normalized spacial score (nSPS) is 39.5. The van der Waals surface area contributed by atoms with Crippen molar-refractivity contribution in [2.45, 2.75) is 198 Å². The number of methoxy groups -OCH3 is 1. The number of urea groups is 1. The number of nitrogens with one attached hydrogen (secondary N) is 2. The van der Waals surface area contributed by atoms with Gasteiger partial charge in [0.2, 0.25) is 0 Å². The number of hydrogen-bond donors (Lipinski definition) is 6. The van der Waals surface area contributed by atoms with Crippen molar-refractivity contribution in [2.75, 3.05) is 45.7 Å². The van der Waals surface area contributed by atoms with Crippen molar-refractivity contribution in [1.82, 2.24) is 15.5 Å². The summed E-state index contributed by atoms with van der Waals surface area (Å²) in [5, 5.41) is 55.8. The molecule has 3 saturated heterocycles. The summed E-state index contributed by atoms with van der Waals surface area (Å²) in [6.07, 6.45) is -7.95. The second kappa shape index (κ2) is 25.1. The third-order valence-corrected chi connectivity index (χ3v) is 16.0. The maximum Gasteiger partial charge on any atom is 0.324 e. The number of rotatable bonds is 14. The number of aliphatic hydroxyl groups is 4.